The highest BCUT2D eigenvalue weighted by molar-refractivity contribution is 5.96. The third kappa shape index (κ3) is 37.4. The van der Waals surface area contributed by atoms with Crippen molar-refractivity contribution < 1.29 is 114 Å². The maximum atomic E-state index is 13.4. The van der Waals surface area contributed by atoms with E-state index in [1.165, 1.54) is 19.3 Å². The van der Waals surface area contributed by atoms with E-state index >= 15 is 0 Å². The number of carbonyl (C=O) groups excluding carboxylic acids is 8. The van der Waals surface area contributed by atoms with Gasteiger partial charge in [-0.1, -0.05) is 107 Å². The van der Waals surface area contributed by atoms with E-state index in [1.54, 1.807) is 183 Å². The number of nitrogens with zero attached hydrogens (tertiary/aromatic N) is 4. The second-order valence-electron chi connectivity index (χ2n) is 33.2. The number of esters is 8. The molecule has 752 valence electrons. The zero-order chi connectivity index (χ0) is 102. The van der Waals surface area contributed by atoms with Crippen LogP contribution in [0.3, 0.4) is 0 Å². The van der Waals surface area contributed by atoms with Gasteiger partial charge in [-0.3, -0.25) is 0 Å². The molecule has 10 aromatic carbocycles. The summed E-state index contributed by atoms with van der Waals surface area (Å²) < 4.78 is 89.8. The minimum absolute atomic E-state index is 0.287. The first-order valence-electron chi connectivity index (χ1n) is 48.8. The molecule has 0 amide bonds. The molecule has 0 aliphatic heterocycles. The lowest BCUT2D eigenvalue weighted by molar-refractivity contribution is -0.138. The molecule has 0 radical (unpaired) electrons. The molecule has 28 nitrogen and oxygen atoms in total. The molecule has 0 fully saturated rings. The standard InChI is InChI=1S/C59H64N2O11.C57H60N2O13/c1-4-7-8-9-14-37-68-49-33-34-52-53(42-49)61-57(46-22-20-24-51(41-46)72-59(65)44-27-31-48(32-28-44)67-36-16-11-13-18-39-70-55(63)6-3)56(60-52)45-21-19-23-50(40-45)71-58(64)43-25-29-47(30-26-43)66-35-15-10-12-17-38-69-54(62)5-2;1-4-52(60)69-32-12-8-6-10-30-66-45-24-20-41(21-25-45)56(62)71-48-18-14-16-43(38-48)54-55(59-51-40-47(28-29-50(51)58-54)68-37-36-65-35-34-64-3)44-17-15-19-49(39-44)72-57(63)42-22-26-46(27-23-42)67-31-11-7-9-13-33-70-53(61)5-2/h5-6,19-34,40-42H,2-4,7-18,35-39H2,1H3;4-5,14-29,38-40H,1-2,6-13,30-37H2,3H3. The summed E-state index contributed by atoms with van der Waals surface area (Å²) in [4.78, 5) is 119. The first-order chi connectivity index (χ1) is 70.4. The number of unbranched alkanes of at least 4 members (excludes halogenated alkanes) is 16. The Hall–Kier alpha value is -15.7. The van der Waals surface area contributed by atoms with Gasteiger partial charge < -0.3 is 75.8 Å². The maximum Gasteiger partial charge on any atom is 0.343 e. The average Bonchev–Trinajstić information content (AvgIpc) is 0.774. The molecule has 0 unspecified atom stereocenters. The minimum atomic E-state index is -0.556. The van der Waals surface area contributed by atoms with Gasteiger partial charge in [0.1, 0.15) is 64.1 Å². The summed E-state index contributed by atoms with van der Waals surface area (Å²) in [6, 6.07) is 66.5. The Balaban J connectivity index is 0.000000274. The number of hydrogen-bond donors (Lipinski definition) is 0. The monoisotopic (exact) mass is 1960 g/mol. The zero-order valence-electron chi connectivity index (χ0n) is 81.7. The lowest BCUT2D eigenvalue weighted by Crippen LogP contribution is -2.10. The van der Waals surface area contributed by atoms with Crippen LogP contribution in [-0.4, -0.2) is 161 Å². The van der Waals surface area contributed by atoms with Gasteiger partial charge in [0.25, 0.3) is 0 Å². The van der Waals surface area contributed by atoms with Crippen LogP contribution < -0.4 is 47.4 Å². The summed E-state index contributed by atoms with van der Waals surface area (Å²) in [5, 5.41) is 0. The molecule has 12 rings (SSSR count). The van der Waals surface area contributed by atoms with E-state index in [1.807, 2.05) is 54.6 Å². The molecule has 0 bridgehead atoms. The molecule has 0 aliphatic carbocycles. The van der Waals surface area contributed by atoms with Gasteiger partial charge in [-0.05, 0) is 279 Å². The second kappa shape index (κ2) is 61.1. The van der Waals surface area contributed by atoms with Crippen LogP contribution in [0.15, 0.2) is 281 Å². The molecule has 2 aromatic heterocycles. The lowest BCUT2D eigenvalue weighted by Gasteiger charge is -2.14. The van der Waals surface area contributed by atoms with Crippen LogP contribution >= 0.6 is 0 Å². The third-order valence-electron chi connectivity index (χ3n) is 22.2. The Morgan fingerprint density at radius 3 is 0.736 bits per heavy atom. The van der Waals surface area contributed by atoms with Gasteiger partial charge in [-0.15, -0.1) is 0 Å². The Morgan fingerprint density at radius 2 is 0.472 bits per heavy atom. The number of ether oxygens (including phenoxy) is 16. The fourth-order valence-electron chi connectivity index (χ4n) is 14.6. The van der Waals surface area contributed by atoms with Crippen molar-refractivity contribution in [2.75, 3.05) is 93.0 Å². The highest BCUT2D eigenvalue weighted by atomic mass is 16.6. The van der Waals surface area contributed by atoms with E-state index in [9.17, 15) is 38.4 Å². The lowest BCUT2D eigenvalue weighted by atomic mass is 10.0. The number of hydrogen-bond acceptors (Lipinski definition) is 28. The van der Waals surface area contributed by atoms with Gasteiger partial charge in [0, 0.05) is 65.8 Å². The zero-order valence-corrected chi connectivity index (χ0v) is 81.7. The molecule has 0 spiro atoms. The summed E-state index contributed by atoms with van der Waals surface area (Å²) in [6.07, 6.45) is 24.0. The van der Waals surface area contributed by atoms with Crippen molar-refractivity contribution in [1.29, 1.82) is 0 Å². The number of rotatable bonds is 62. The van der Waals surface area contributed by atoms with E-state index in [-0.39, 0.29) is 5.75 Å². The summed E-state index contributed by atoms with van der Waals surface area (Å²) in [7, 11) is 1.62. The Labute approximate surface area is 840 Å². The van der Waals surface area contributed by atoms with E-state index in [4.69, 9.17) is 95.7 Å². The van der Waals surface area contributed by atoms with Crippen LogP contribution in [0.4, 0.5) is 0 Å². The number of methoxy groups -OCH3 is 1. The van der Waals surface area contributed by atoms with Crippen molar-refractivity contribution in [3.05, 3.63) is 303 Å². The quantitative estimate of drug-likeness (QED) is 0.0112. The highest BCUT2D eigenvalue weighted by Crippen LogP contribution is 2.39. The van der Waals surface area contributed by atoms with Crippen LogP contribution in [0.5, 0.6) is 57.5 Å². The van der Waals surface area contributed by atoms with Crippen molar-refractivity contribution in [2.24, 2.45) is 0 Å². The molecule has 2 heterocycles. The summed E-state index contributed by atoms with van der Waals surface area (Å²) in [6.45, 7) is 21.5. The molecule has 12 aromatic rings. The molecule has 0 saturated carbocycles. The van der Waals surface area contributed by atoms with Gasteiger partial charge in [0.2, 0.25) is 0 Å². The van der Waals surface area contributed by atoms with E-state index in [2.05, 4.69) is 33.2 Å². The van der Waals surface area contributed by atoms with Crippen molar-refractivity contribution >= 4 is 69.8 Å². The smallest absolute Gasteiger partial charge is 0.343 e. The predicted molar refractivity (Wildman–Crippen MR) is 549 cm³/mol. The Bertz CT molecular complexity index is 5810. The summed E-state index contributed by atoms with van der Waals surface area (Å²) >= 11 is 0. The fraction of sp³-hybridized carbons (Fsp3) is 0.310. The predicted octanol–water partition coefficient (Wildman–Crippen LogP) is 23.9. The van der Waals surface area contributed by atoms with Gasteiger partial charge >= 0.3 is 47.8 Å². The van der Waals surface area contributed by atoms with Crippen LogP contribution in [0.2, 0.25) is 0 Å². The first-order valence-corrected chi connectivity index (χ1v) is 48.8. The number of carbonyl (C=O) groups is 8. The van der Waals surface area contributed by atoms with Crippen LogP contribution in [0.1, 0.15) is 183 Å². The van der Waals surface area contributed by atoms with E-state index in [0.29, 0.717) is 227 Å². The number of benzene rings is 10. The highest BCUT2D eigenvalue weighted by Gasteiger charge is 2.23. The minimum Gasteiger partial charge on any atom is -0.494 e. The first kappa shape index (κ1) is 109. The number of fused-ring (bicyclic) bond motifs is 2. The molecule has 0 N–H and O–H groups in total. The normalized spacial score (nSPS) is 10.8. The molecule has 0 atom stereocenters. The molecule has 0 saturated heterocycles. The summed E-state index contributed by atoms with van der Waals surface area (Å²) in [5.74, 6) is 1.16. The average molecular weight is 1960 g/mol. The SMILES string of the molecule is C=CC(=O)OCCCCCCOc1ccc(C(=O)Oc2cccc(-c3nc4ccc(OCCCCCCC)cc4nc3-c3cccc(OC(=O)c4ccc(OCCCCCCOC(=O)C=C)cc4)c3)c2)cc1.C=CC(=O)OCCCCCCOc1ccc(C(=O)Oc2cccc(-c3nc4ccc(OCCOCCOC)cc4nc3-c3cccc(OC(=O)c4ccc(OCCCCCCOC(=O)C=C)cc4)c3)c2)cc1. The van der Waals surface area contributed by atoms with Crippen molar-refractivity contribution in [1.82, 2.24) is 19.9 Å². The fourth-order valence-corrected chi connectivity index (χ4v) is 14.6. The second-order valence-corrected chi connectivity index (χ2v) is 33.2. The van der Waals surface area contributed by atoms with Crippen molar-refractivity contribution in [3.63, 3.8) is 0 Å². The molecule has 0 aliphatic rings. The summed E-state index contributed by atoms with van der Waals surface area (Å²) in [5.41, 5.74) is 8.33. The maximum absolute atomic E-state index is 13.4. The van der Waals surface area contributed by atoms with Gasteiger partial charge in [0.05, 0.1) is 146 Å². The Kier molecular flexibility index (Phi) is 46.1. The largest absolute Gasteiger partial charge is 0.494 e. The van der Waals surface area contributed by atoms with Crippen LogP contribution in [0, 0.1) is 0 Å². The van der Waals surface area contributed by atoms with Gasteiger partial charge in [0.15, 0.2) is 0 Å². The van der Waals surface area contributed by atoms with Crippen molar-refractivity contribution in [2.45, 2.75) is 142 Å². The third-order valence-corrected chi connectivity index (χ3v) is 22.2. The van der Waals surface area contributed by atoms with Crippen molar-refractivity contribution in [3.8, 4) is 103 Å². The molecule has 28 heteroatoms. The van der Waals surface area contributed by atoms with Crippen LogP contribution in [-0.2, 0) is 47.6 Å². The van der Waals surface area contributed by atoms with Gasteiger partial charge in [-0.2, -0.15) is 0 Å². The van der Waals surface area contributed by atoms with E-state index in [0.717, 1.165) is 140 Å². The molecule has 144 heavy (non-hydrogen) atoms. The van der Waals surface area contributed by atoms with Crippen LogP contribution in [0.25, 0.3) is 67.1 Å². The molecular formula is C116H124N4O24. The Morgan fingerprint density at radius 1 is 0.236 bits per heavy atom. The number of aromatic nitrogens is 4. The van der Waals surface area contributed by atoms with E-state index < -0.39 is 47.8 Å². The topological polar surface area (TPSA) is 336 Å². The molecular weight excluding hydrogens is 1830 g/mol. The van der Waals surface area contributed by atoms with Gasteiger partial charge in [-0.25, -0.2) is 58.3 Å².